The van der Waals surface area contributed by atoms with Crippen molar-refractivity contribution < 1.29 is 18.4 Å². The zero-order valence-corrected chi connectivity index (χ0v) is 13.4. The van der Waals surface area contributed by atoms with Crippen molar-refractivity contribution in [3.63, 3.8) is 0 Å². The molecule has 0 atom stereocenters. The molecular formula is C16H21N3O4. The number of carbonyl (C=O) groups is 2. The molecule has 0 aromatic carbocycles. The van der Waals surface area contributed by atoms with E-state index < -0.39 is 0 Å². The Balaban J connectivity index is 2.04. The fourth-order valence-corrected chi connectivity index (χ4v) is 2.06. The van der Waals surface area contributed by atoms with Gasteiger partial charge in [0.2, 0.25) is 5.89 Å². The highest BCUT2D eigenvalue weighted by Gasteiger charge is 2.20. The van der Waals surface area contributed by atoms with Crippen LogP contribution in [0.4, 0.5) is 0 Å². The average Bonchev–Trinajstić information content (AvgIpc) is 3.23. The Kier molecular flexibility index (Phi) is 5.96. The molecule has 23 heavy (non-hydrogen) atoms. The number of hydrogen-bond acceptors (Lipinski definition) is 5. The molecule has 0 radical (unpaired) electrons. The lowest BCUT2D eigenvalue weighted by Crippen LogP contribution is -2.31. The van der Waals surface area contributed by atoms with Crippen molar-refractivity contribution in [2.75, 3.05) is 13.1 Å². The van der Waals surface area contributed by atoms with Gasteiger partial charge in [-0.3, -0.25) is 9.59 Å². The molecule has 2 amide bonds. The number of amides is 2. The summed E-state index contributed by atoms with van der Waals surface area (Å²) in [6.07, 6.45) is 4.40. The Labute approximate surface area is 134 Å². The SMILES string of the molecule is CCCNC(=O)c1coc(CN(CCC)C(=O)c2ccco2)n1. The lowest BCUT2D eigenvalue weighted by molar-refractivity contribution is 0.0696. The van der Waals surface area contributed by atoms with E-state index in [-0.39, 0.29) is 29.8 Å². The van der Waals surface area contributed by atoms with Gasteiger partial charge < -0.3 is 19.1 Å². The summed E-state index contributed by atoms with van der Waals surface area (Å²) in [7, 11) is 0. The van der Waals surface area contributed by atoms with Crippen LogP contribution in [0, 0.1) is 0 Å². The van der Waals surface area contributed by atoms with Gasteiger partial charge in [-0.1, -0.05) is 13.8 Å². The summed E-state index contributed by atoms with van der Waals surface area (Å²) in [5.41, 5.74) is 0.218. The van der Waals surface area contributed by atoms with Crippen molar-refractivity contribution in [1.82, 2.24) is 15.2 Å². The Morgan fingerprint density at radius 1 is 1.26 bits per heavy atom. The van der Waals surface area contributed by atoms with E-state index in [2.05, 4.69) is 10.3 Å². The normalized spacial score (nSPS) is 10.5. The van der Waals surface area contributed by atoms with Crippen LogP contribution >= 0.6 is 0 Å². The summed E-state index contributed by atoms with van der Waals surface area (Å²) >= 11 is 0. The highest BCUT2D eigenvalue weighted by Crippen LogP contribution is 2.11. The minimum Gasteiger partial charge on any atom is -0.459 e. The maximum Gasteiger partial charge on any atom is 0.290 e. The Hall–Kier alpha value is -2.57. The van der Waals surface area contributed by atoms with Crippen molar-refractivity contribution in [3.05, 3.63) is 42.0 Å². The summed E-state index contributed by atoms with van der Waals surface area (Å²) < 4.78 is 10.5. The van der Waals surface area contributed by atoms with Crippen LogP contribution in [0.2, 0.25) is 0 Å². The van der Waals surface area contributed by atoms with E-state index in [1.54, 1.807) is 17.0 Å². The largest absolute Gasteiger partial charge is 0.459 e. The molecule has 0 fully saturated rings. The predicted octanol–water partition coefficient (Wildman–Crippen LogP) is 2.46. The fraction of sp³-hybridized carbons (Fsp3) is 0.438. The van der Waals surface area contributed by atoms with E-state index >= 15 is 0 Å². The number of furan rings is 1. The van der Waals surface area contributed by atoms with Gasteiger partial charge in [0.05, 0.1) is 12.8 Å². The first kappa shape index (κ1) is 16.8. The van der Waals surface area contributed by atoms with Crippen LogP contribution in [0.1, 0.15) is 53.6 Å². The van der Waals surface area contributed by atoms with Crippen molar-refractivity contribution in [1.29, 1.82) is 0 Å². The van der Waals surface area contributed by atoms with Crippen LogP contribution in [0.15, 0.2) is 33.5 Å². The molecule has 0 aliphatic heterocycles. The van der Waals surface area contributed by atoms with E-state index in [9.17, 15) is 9.59 Å². The summed E-state index contributed by atoms with van der Waals surface area (Å²) in [4.78, 5) is 29.9. The van der Waals surface area contributed by atoms with E-state index in [4.69, 9.17) is 8.83 Å². The van der Waals surface area contributed by atoms with E-state index in [0.717, 1.165) is 12.8 Å². The van der Waals surface area contributed by atoms with Gasteiger partial charge in [-0.15, -0.1) is 0 Å². The van der Waals surface area contributed by atoms with Crippen molar-refractivity contribution in [3.8, 4) is 0 Å². The third-order valence-electron chi connectivity index (χ3n) is 3.16. The molecule has 0 spiro atoms. The molecule has 7 nitrogen and oxygen atoms in total. The first-order chi connectivity index (χ1) is 11.2. The van der Waals surface area contributed by atoms with Crippen LogP contribution in [0.5, 0.6) is 0 Å². The molecule has 0 saturated heterocycles. The monoisotopic (exact) mass is 319 g/mol. The van der Waals surface area contributed by atoms with Crippen LogP contribution in [-0.4, -0.2) is 34.8 Å². The van der Waals surface area contributed by atoms with Crippen molar-refractivity contribution in [2.24, 2.45) is 0 Å². The molecule has 0 saturated carbocycles. The molecule has 124 valence electrons. The maximum atomic E-state index is 12.4. The first-order valence-corrected chi connectivity index (χ1v) is 7.71. The number of nitrogens with one attached hydrogen (secondary N) is 1. The lowest BCUT2D eigenvalue weighted by Gasteiger charge is -2.18. The molecule has 0 bridgehead atoms. The highest BCUT2D eigenvalue weighted by atomic mass is 16.3. The molecule has 0 aliphatic rings. The molecule has 2 aromatic rings. The van der Waals surface area contributed by atoms with Gasteiger partial charge >= 0.3 is 0 Å². The van der Waals surface area contributed by atoms with Crippen molar-refractivity contribution >= 4 is 11.8 Å². The van der Waals surface area contributed by atoms with Gasteiger partial charge in [0.15, 0.2) is 11.5 Å². The lowest BCUT2D eigenvalue weighted by atomic mass is 10.3. The molecule has 0 aliphatic carbocycles. The Morgan fingerprint density at radius 2 is 2.09 bits per heavy atom. The number of aromatic nitrogens is 1. The summed E-state index contributed by atoms with van der Waals surface area (Å²) in [5, 5.41) is 2.73. The summed E-state index contributed by atoms with van der Waals surface area (Å²) in [6.45, 7) is 5.26. The fourth-order valence-electron chi connectivity index (χ4n) is 2.06. The highest BCUT2D eigenvalue weighted by molar-refractivity contribution is 5.92. The Bertz CT molecular complexity index is 634. The number of hydrogen-bond donors (Lipinski definition) is 1. The van der Waals surface area contributed by atoms with E-state index in [1.165, 1.54) is 12.5 Å². The zero-order valence-electron chi connectivity index (χ0n) is 13.4. The second-order valence-corrected chi connectivity index (χ2v) is 5.09. The zero-order chi connectivity index (χ0) is 16.7. The number of carbonyl (C=O) groups excluding carboxylic acids is 2. The van der Waals surface area contributed by atoms with Crippen molar-refractivity contribution in [2.45, 2.75) is 33.2 Å². The average molecular weight is 319 g/mol. The predicted molar refractivity (Wildman–Crippen MR) is 82.9 cm³/mol. The van der Waals surface area contributed by atoms with Gasteiger partial charge in [0.1, 0.15) is 6.26 Å². The molecular weight excluding hydrogens is 298 g/mol. The standard InChI is InChI=1S/C16H21N3O4/c1-3-7-17-15(20)12-11-23-14(18-12)10-19(8-4-2)16(21)13-6-5-9-22-13/h5-6,9,11H,3-4,7-8,10H2,1-2H3,(H,17,20). The van der Waals surface area contributed by atoms with Gasteiger partial charge in [0.25, 0.3) is 11.8 Å². The van der Waals surface area contributed by atoms with Crippen LogP contribution in [0.3, 0.4) is 0 Å². The number of rotatable bonds is 8. The molecule has 7 heteroatoms. The summed E-state index contributed by atoms with van der Waals surface area (Å²) in [5.74, 6) is 0.0826. The first-order valence-electron chi connectivity index (χ1n) is 7.71. The molecule has 2 rings (SSSR count). The minimum absolute atomic E-state index is 0.189. The molecule has 1 N–H and O–H groups in total. The molecule has 2 heterocycles. The number of nitrogens with zero attached hydrogens (tertiary/aromatic N) is 2. The second kappa shape index (κ2) is 8.17. The molecule has 2 aromatic heterocycles. The molecule has 0 unspecified atom stereocenters. The summed E-state index contributed by atoms with van der Waals surface area (Å²) in [6, 6.07) is 3.28. The smallest absolute Gasteiger partial charge is 0.290 e. The second-order valence-electron chi connectivity index (χ2n) is 5.09. The van der Waals surface area contributed by atoms with Crippen LogP contribution in [0.25, 0.3) is 0 Å². The topological polar surface area (TPSA) is 88.6 Å². The van der Waals surface area contributed by atoms with Gasteiger partial charge in [-0.25, -0.2) is 4.98 Å². The maximum absolute atomic E-state index is 12.4. The minimum atomic E-state index is -0.277. The Morgan fingerprint density at radius 3 is 2.74 bits per heavy atom. The van der Waals surface area contributed by atoms with Gasteiger partial charge in [0, 0.05) is 13.1 Å². The quantitative estimate of drug-likeness (QED) is 0.807. The van der Waals surface area contributed by atoms with Gasteiger partial charge in [-0.2, -0.15) is 0 Å². The number of oxazole rings is 1. The van der Waals surface area contributed by atoms with E-state index in [0.29, 0.717) is 19.0 Å². The van der Waals surface area contributed by atoms with Gasteiger partial charge in [-0.05, 0) is 25.0 Å². The van der Waals surface area contributed by atoms with Crippen LogP contribution in [-0.2, 0) is 6.54 Å². The van der Waals surface area contributed by atoms with E-state index in [1.807, 2.05) is 13.8 Å². The van der Waals surface area contributed by atoms with Crippen LogP contribution < -0.4 is 5.32 Å². The third kappa shape index (κ3) is 4.45. The third-order valence-corrected chi connectivity index (χ3v) is 3.16.